The van der Waals surface area contributed by atoms with Crippen LogP contribution >= 0.6 is 11.6 Å². The van der Waals surface area contributed by atoms with Gasteiger partial charge in [-0.1, -0.05) is 30.3 Å². The molecule has 1 rings (SSSR count). The Kier molecular flexibility index (Phi) is 7.77. The van der Waals surface area contributed by atoms with E-state index >= 15 is 0 Å². The van der Waals surface area contributed by atoms with Crippen molar-refractivity contribution in [2.75, 3.05) is 6.54 Å². The zero-order valence-corrected chi connectivity index (χ0v) is 13.7. The summed E-state index contributed by atoms with van der Waals surface area (Å²) < 4.78 is 0. The van der Waals surface area contributed by atoms with Crippen LogP contribution in [0.3, 0.4) is 0 Å². The summed E-state index contributed by atoms with van der Waals surface area (Å²) >= 11 is 5.92. The molecule has 0 radical (unpaired) electrons. The highest BCUT2D eigenvalue weighted by molar-refractivity contribution is 6.30. The lowest BCUT2D eigenvalue weighted by Gasteiger charge is -2.18. The molecule has 0 heterocycles. The van der Waals surface area contributed by atoms with Gasteiger partial charge in [-0.2, -0.15) is 0 Å². The summed E-state index contributed by atoms with van der Waals surface area (Å²) in [4.78, 5) is 12.1. The number of rotatable bonds is 9. The number of benzene rings is 1. The first-order chi connectivity index (χ1) is 10.4. The molecule has 22 heavy (non-hydrogen) atoms. The van der Waals surface area contributed by atoms with Crippen LogP contribution in [-0.4, -0.2) is 24.5 Å². The minimum atomic E-state index is -0.581. The first-order valence-electron chi connectivity index (χ1n) is 7.37. The molecule has 1 aromatic carbocycles. The highest BCUT2D eigenvalue weighted by Gasteiger charge is 2.16. The molecule has 0 bridgehead atoms. The van der Waals surface area contributed by atoms with Crippen molar-refractivity contribution in [1.82, 2.24) is 10.6 Å². The topological polar surface area (TPSA) is 93.2 Å². The molecule has 0 saturated heterocycles. The quantitative estimate of drug-likeness (QED) is 0.518. The van der Waals surface area contributed by atoms with E-state index in [1.165, 1.54) is 0 Å². The molecule has 0 unspecified atom stereocenters. The Hall–Kier alpha value is -1.72. The van der Waals surface area contributed by atoms with Crippen LogP contribution in [0.5, 0.6) is 0 Å². The number of carbonyl (C=O) groups is 1. The summed E-state index contributed by atoms with van der Waals surface area (Å²) in [5.74, 6) is 0.309. The average Bonchev–Trinajstić information content (AvgIpc) is 2.43. The molecule has 6 heteroatoms. The van der Waals surface area contributed by atoms with E-state index in [2.05, 4.69) is 17.2 Å². The Morgan fingerprint density at radius 3 is 2.82 bits per heavy atom. The Morgan fingerprint density at radius 2 is 2.18 bits per heavy atom. The lowest BCUT2D eigenvalue weighted by Crippen LogP contribution is -2.45. The molecular weight excluding hydrogens is 300 g/mol. The van der Waals surface area contributed by atoms with Gasteiger partial charge < -0.3 is 22.1 Å². The number of carbonyl (C=O) groups excluding carboxylic acids is 1. The average molecular weight is 325 g/mol. The van der Waals surface area contributed by atoms with Crippen LogP contribution in [0.1, 0.15) is 25.3 Å². The molecule has 0 fully saturated rings. The zero-order chi connectivity index (χ0) is 16.5. The third-order valence-electron chi connectivity index (χ3n) is 3.24. The molecule has 6 N–H and O–H groups in total. The summed E-state index contributed by atoms with van der Waals surface area (Å²) in [5, 5.41) is 6.52. The number of hydrogen-bond donors (Lipinski definition) is 4. The molecule has 0 saturated carbocycles. The summed E-state index contributed by atoms with van der Waals surface area (Å²) in [5.41, 5.74) is 12.3. The van der Waals surface area contributed by atoms with Crippen LogP contribution in [0.4, 0.5) is 0 Å². The third-order valence-corrected chi connectivity index (χ3v) is 3.47. The first-order valence-corrected chi connectivity index (χ1v) is 7.75. The molecule has 122 valence electrons. The highest BCUT2D eigenvalue weighted by Crippen LogP contribution is 2.12. The van der Waals surface area contributed by atoms with Crippen molar-refractivity contribution in [3.05, 3.63) is 47.3 Å². The van der Waals surface area contributed by atoms with Crippen molar-refractivity contribution in [3.8, 4) is 0 Å². The minimum absolute atomic E-state index is 0.0609. The van der Waals surface area contributed by atoms with Gasteiger partial charge in [-0.25, -0.2) is 0 Å². The maximum atomic E-state index is 12.1. The monoisotopic (exact) mass is 324 g/mol. The molecule has 0 aliphatic heterocycles. The smallest absolute Gasteiger partial charge is 0.237 e. The Labute approximate surface area is 137 Å². The molecule has 1 aromatic rings. The van der Waals surface area contributed by atoms with Gasteiger partial charge in [0.25, 0.3) is 0 Å². The van der Waals surface area contributed by atoms with E-state index in [1.807, 2.05) is 25.1 Å². The molecule has 1 amide bonds. The third kappa shape index (κ3) is 7.33. The Bertz CT molecular complexity index is 507. The van der Waals surface area contributed by atoms with Gasteiger partial charge >= 0.3 is 0 Å². The van der Waals surface area contributed by atoms with E-state index in [-0.39, 0.29) is 11.9 Å². The predicted octanol–water partition coefficient (Wildman–Crippen LogP) is 1.51. The van der Waals surface area contributed by atoms with Gasteiger partial charge in [0.05, 0.1) is 11.9 Å². The van der Waals surface area contributed by atoms with Crippen LogP contribution in [-0.2, 0) is 11.2 Å². The van der Waals surface area contributed by atoms with Crippen molar-refractivity contribution in [3.63, 3.8) is 0 Å². The fourth-order valence-electron chi connectivity index (χ4n) is 2.09. The zero-order valence-electron chi connectivity index (χ0n) is 12.9. The fraction of sp³-hybridized carbons (Fsp3) is 0.438. The highest BCUT2D eigenvalue weighted by atomic mass is 35.5. The van der Waals surface area contributed by atoms with Crippen molar-refractivity contribution >= 4 is 17.5 Å². The Morgan fingerprint density at radius 1 is 1.45 bits per heavy atom. The lowest BCUT2D eigenvalue weighted by molar-refractivity contribution is -0.123. The van der Waals surface area contributed by atoms with Crippen molar-refractivity contribution in [2.45, 2.75) is 38.3 Å². The van der Waals surface area contributed by atoms with Crippen molar-refractivity contribution < 1.29 is 4.79 Å². The van der Waals surface area contributed by atoms with Gasteiger partial charge in [0.1, 0.15) is 0 Å². The summed E-state index contributed by atoms with van der Waals surface area (Å²) in [7, 11) is 0. The maximum absolute atomic E-state index is 12.1. The molecule has 5 nitrogen and oxygen atoms in total. The van der Waals surface area contributed by atoms with E-state index in [0.29, 0.717) is 17.3 Å². The molecular formula is C16H25ClN4O. The van der Waals surface area contributed by atoms with Crippen LogP contribution in [0, 0.1) is 0 Å². The van der Waals surface area contributed by atoms with Gasteiger partial charge in [0, 0.05) is 17.6 Å². The maximum Gasteiger partial charge on any atom is 0.237 e. The summed E-state index contributed by atoms with van der Waals surface area (Å²) in [6.07, 6.45) is 2.20. The van der Waals surface area contributed by atoms with Crippen LogP contribution in [0.15, 0.2) is 36.7 Å². The second-order valence-corrected chi connectivity index (χ2v) is 5.88. The van der Waals surface area contributed by atoms with Gasteiger partial charge in [0.2, 0.25) is 5.91 Å². The van der Waals surface area contributed by atoms with Gasteiger partial charge in [-0.3, -0.25) is 4.79 Å². The number of hydrogen-bond acceptors (Lipinski definition) is 4. The van der Waals surface area contributed by atoms with Crippen molar-refractivity contribution in [2.24, 2.45) is 11.5 Å². The summed E-state index contributed by atoms with van der Waals surface area (Å²) in [6, 6.07) is 6.86. The standard InChI is InChI=1S/C16H25ClN4O/c1-11(5-4-8-20-12(2)18)21-16(22)15(19)10-13-6-3-7-14(17)9-13/h3,6-7,9,11,15,20H,2,4-5,8,10,18-19H2,1H3,(H,21,22)/t11-,15-/m0/s1. The lowest BCUT2D eigenvalue weighted by atomic mass is 10.1. The SMILES string of the molecule is C=C(N)NCCC[C@H](C)NC(=O)[C@@H](N)Cc1cccc(Cl)c1. The molecule has 0 aliphatic rings. The molecule has 0 spiro atoms. The van der Waals surface area contributed by atoms with Crippen LogP contribution < -0.4 is 22.1 Å². The van der Waals surface area contributed by atoms with E-state index < -0.39 is 6.04 Å². The largest absolute Gasteiger partial charge is 0.386 e. The number of halogens is 1. The van der Waals surface area contributed by atoms with Crippen LogP contribution in [0.25, 0.3) is 0 Å². The second kappa shape index (κ2) is 9.33. The molecule has 2 atom stereocenters. The number of nitrogens with two attached hydrogens (primary N) is 2. The van der Waals surface area contributed by atoms with E-state index in [0.717, 1.165) is 24.9 Å². The van der Waals surface area contributed by atoms with E-state index in [4.69, 9.17) is 23.1 Å². The predicted molar refractivity (Wildman–Crippen MR) is 91.3 cm³/mol. The van der Waals surface area contributed by atoms with Gasteiger partial charge in [-0.15, -0.1) is 0 Å². The van der Waals surface area contributed by atoms with Gasteiger partial charge in [-0.05, 0) is 43.9 Å². The van der Waals surface area contributed by atoms with Crippen LogP contribution in [0.2, 0.25) is 5.02 Å². The second-order valence-electron chi connectivity index (χ2n) is 5.44. The van der Waals surface area contributed by atoms with E-state index in [9.17, 15) is 4.79 Å². The first kappa shape index (κ1) is 18.3. The normalized spacial score (nSPS) is 13.2. The molecule has 0 aliphatic carbocycles. The molecule has 0 aromatic heterocycles. The van der Waals surface area contributed by atoms with E-state index in [1.54, 1.807) is 6.07 Å². The Balaban J connectivity index is 2.32. The number of amides is 1. The fourth-order valence-corrected chi connectivity index (χ4v) is 2.30. The summed E-state index contributed by atoms with van der Waals surface area (Å²) in [6.45, 7) is 6.26. The minimum Gasteiger partial charge on any atom is -0.386 e. The van der Waals surface area contributed by atoms with Crippen molar-refractivity contribution in [1.29, 1.82) is 0 Å². The number of nitrogens with one attached hydrogen (secondary N) is 2. The van der Waals surface area contributed by atoms with Gasteiger partial charge in [0.15, 0.2) is 0 Å².